The molecular formula is C13H24N2O4. The van der Waals surface area contributed by atoms with Gasteiger partial charge < -0.3 is 20.1 Å². The maximum atomic E-state index is 11.8. The molecule has 2 atom stereocenters. The first kappa shape index (κ1) is 15.9. The zero-order valence-corrected chi connectivity index (χ0v) is 11.7. The Morgan fingerprint density at radius 2 is 1.95 bits per heavy atom. The Balaban J connectivity index is 2.07. The number of rotatable bonds is 8. The van der Waals surface area contributed by atoms with Gasteiger partial charge in [-0.15, -0.1) is 0 Å². The Kier molecular flexibility index (Phi) is 6.80. The Morgan fingerprint density at radius 3 is 2.53 bits per heavy atom. The van der Waals surface area contributed by atoms with Crippen LogP contribution in [0, 0.1) is 11.8 Å². The molecule has 0 radical (unpaired) electrons. The van der Waals surface area contributed by atoms with Crippen LogP contribution in [0.3, 0.4) is 0 Å². The summed E-state index contributed by atoms with van der Waals surface area (Å²) in [5.74, 6) is -1.34. The first-order chi connectivity index (χ1) is 9.00. The van der Waals surface area contributed by atoms with Crippen LogP contribution >= 0.6 is 0 Å². The molecule has 1 rings (SSSR count). The summed E-state index contributed by atoms with van der Waals surface area (Å²) in [5, 5.41) is 11.7. The zero-order valence-electron chi connectivity index (χ0n) is 11.7. The lowest BCUT2D eigenvalue weighted by Crippen LogP contribution is -2.33. The fourth-order valence-corrected chi connectivity index (χ4v) is 2.18. The maximum absolute atomic E-state index is 11.8. The quantitative estimate of drug-likeness (QED) is 0.616. The van der Waals surface area contributed by atoms with Gasteiger partial charge in [0.1, 0.15) is 0 Å². The molecule has 0 aromatic carbocycles. The van der Waals surface area contributed by atoms with Crippen LogP contribution in [0.2, 0.25) is 0 Å². The van der Waals surface area contributed by atoms with Gasteiger partial charge in [-0.05, 0) is 33.4 Å². The molecule has 19 heavy (non-hydrogen) atoms. The van der Waals surface area contributed by atoms with E-state index < -0.39 is 5.97 Å². The summed E-state index contributed by atoms with van der Waals surface area (Å²) < 4.78 is 5.37. The van der Waals surface area contributed by atoms with Gasteiger partial charge in [0.2, 0.25) is 5.91 Å². The van der Waals surface area contributed by atoms with Crippen molar-refractivity contribution >= 4 is 11.9 Å². The van der Waals surface area contributed by atoms with Gasteiger partial charge in [0.05, 0.1) is 19.1 Å². The lowest BCUT2D eigenvalue weighted by atomic mass is 10.0. The van der Waals surface area contributed by atoms with E-state index in [9.17, 15) is 9.59 Å². The minimum absolute atomic E-state index is 0.0417. The standard InChI is InChI=1S/C13H24N2O4/c1-15(2)6-8-19-7-5-14-12(16)10-3-4-11(9-10)13(17)18/h10-11H,3-9H2,1-2H3,(H,14,16)(H,17,18)/t10-,11+/m1/s1. The largest absolute Gasteiger partial charge is 0.481 e. The molecule has 6 heteroatoms. The second-order valence-corrected chi connectivity index (χ2v) is 5.25. The summed E-state index contributed by atoms with van der Waals surface area (Å²) in [4.78, 5) is 24.6. The molecule has 0 aliphatic heterocycles. The highest BCUT2D eigenvalue weighted by atomic mass is 16.5. The van der Waals surface area contributed by atoms with Crippen molar-refractivity contribution in [3.05, 3.63) is 0 Å². The van der Waals surface area contributed by atoms with Gasteiger partial charge in [-0.1, -0.05) is 0 Å². The highest BCUT2D eigenvalue weighted by Gasteiger charge is 2.33. The molecule has 0 saturated heterocycles. The summed E-state index contributed by atoms with van der Waals surface area (Å²) >= 11 is 0. The Bertz CT molecular complexity index is 307. The second-order valence-electron chi connectivity index (χ2n) is 5.25. The lowest BCUT2D eigenvalue weighted by Gasteiger charge is -2.12. The van der Waals surface area contributed by atoms with Crippen molar-refractivity contribution in [2.24, 2.45) is 11.8 Å². The first-order valence-corrected chi connectivity index (χ1v) is 6.73. The molecule has 2 N–H and O–H groups in total. The molecule has 1 fully saturated rings. The number of carbonyl (C=O) groups is 2. The van der Waals surface area contributed by atoms with Crippen molar-refractivity contribution < 1.29 is 19.4 Å². The zero-order chi connectivity index (χ0) is 14.3. The van der Waals surface area contributed by atoms with Crippen molar-refractivity contribution in [1.82, 2.24) is 10.2 Å². The molecule has 0 heterocycles. The third-order valence-electron chi connectivity index (χ3n) is 3.38. The fraction of sp³-hybridized carbons (Fsp3) is 0.846. The van der Waals surface area contributed by atoms with Gasteiger partial charge in [-0.3, -0.25) is 9.59 Å². The van der Waals surface area contributed by atoms with Crippen LogP contribution in [0.25, 0.3) is 0 Å². The van der Waals surface area contributed by atoms with E-state index >= 15 is 0 Å². The number of carboxylic acids is 1. The molecule has 1 aliphatic carbocycles. The lowest BCUT2D eigenvalue weighted by molar-refractivity contribution is -0.141. The average molecular weight is 272 g/mol. The van der Waals surface area contributed by atoms with E-state index in [1.807, 2.05) is 19.0 Å². The van der Waals surface area contributed by atoms with E-state index in [1.165, 1.54) is 0 Å². The van der Waals surface area contributed by atoms with E-state index in [2.05, 4.69) is 5.32 Å². The van der Waals surface area contributed by atoms with Crippen LogP contribution in [0.1, 0.15) is 19.3 Å². The smallest absolute Gasteiger partial charge is 0.306 e. The highest BCUT2D eigenvalue weighted by Crippen LogP contribution is 2.30. The maximum Gasteiger partial charge on any atom is 0.306 e. The van der Waals surface area contributed by atoms with Gasteiger partial charge in [-0.2, -0.15) is 0 Å². The van der Waals surface area contributed by atoms with Crippen LogP contribution in [0.15, 0.2) is 0 Å². The SMILES string of the molecule is CN(C)CCOCCNC(=O)[C@@H]1CC[C@H](C(=O)O)C1. The molecule has 1 amide bonds. The number of nitrogens with one attached hydrogen (secondary N) is 1. The van der Waals surface area contributed by atoms with E-state index in [-0.39, 0.29) is 17.7 Å². The van der Waals surface area contributed by atoms with Gasteiger partial charge in [-0.25, -0.2) is 0 Å². The third kappa shape index (κ3) is 6.02. The fourth-order valence-electron chi connectivity index (χ4n) is 2.18. The number of hydrogen-bond acceptors (Lipinski definition) is 4. The molecule has 110 valence electrons. The van der Waals surface area contributed by atoms with Crippen molar-refractivity contribution in [2.75, 3.05) is 40.4 Å². The number of ether oxygens (including phenoxy) is 1. The summed E-state index contributed by atoms with van der Waals surface area (Å²) in [6.45, 7) is 2.49. The molecule has 1 saturated carbocycles. The van der Waals surface area contributed by atoms with Crippen LogP contribution in [-0.4, -0.2) is 62.3 Å². The minimum atomic E-state index is -0.790. The number of likely N-dealkylation sites (N-methyl/N-ethyl adjacent to an activating group) is 1. The first-order valence-electron chi connectivity index (χ1n) is 6.73. The van der Waals surface area contributed by atoms with Crippen molar-refractivity contribution in [3.63, 3.8) is 0 Å². The predicted molar refractivity (Wildman–Crippen MR) is 70.8 cm³/mol. The average Bonchev–Trinajstić information content (AvgIpc) is 2.82. The van der Waals surface area contributed by atoms with E-state index in [4.69, 9.17) is 9.84 Å². The van der Waals surface area contributed by atoms with Crippen molar-refractivity contribution in [1.29, 1.82) is 0 Å². The number of carboxylic acid groups (broad SMARTS) is 1. The highest BCUT2D eigenvalue weighted by molar-refractivity contribution is 5.80. The molecule has 0 aromatic rings. The van der Waals surface area contributed by atoms with Gasteiger partial charge in [0.15, 0.2) is 0 Å². The number of nitrogens with zero attached hydrogens (tertiary/aromatic N) is 1. The van der Waals surface area contributed by atoms with Crippen LogP contribution in [-0.2, 0) is 14.3 Å². The van der Waals surface area contributed by atoms with Crippen molar-refractivity contribution in [3.8, 4) is 0 Å². The molecule has 0 aromatic heterocycles. The van der Waals surface area contributed by atoms with Gasteiger partial charge >= 0.3 is 5.97 Å². The molecule has 0 unspecified atom stereocenters. The van der Waals surface area contributed by atoms with E-state index in [1.54, 1.807) is 0 Å². The summed E-state index contributed by atoms with van der Waals surface area (Å²) in [7, 11) is 3.95. The Labute approximate surface area is 114 Å². The Morgan fingerprint density at radius 1 is 1.26 bits per heavy atom. The van der Waals surface area contributed by atoms with Gasteiger partial charge in [0, 0.05) is 19.0 Å². The predicted octanol–water partition coefficient (Wildman–Crippen LogP) is 0.182. The molecule has 0 spiro atoms. The monoisotopic (exact) mass is 272 g/mol. The summed E-state index contributed by atoms with van der Waals surface area (Å²) in [6, 6.07) is 0. The van der Waals surface area contributed by atoms with Gasteiger partial charge in [0.25, 0.3) is 0 Å². The topological polar surface area (TPSA) is 78.9 Å². The third-order valence-corrected chi connectivity index (χ3v) is 3.38. The second kappa shape index (κ2) is 8.12. The normalized spacial score (nSPS) is 22.7. The van der Waals surface area contributed by atoms with Crippen LogP contribution in [0.5, 0.6) is 0 Å². The number of carbonyl (C=O) groups excluding carboxylic acids is 1. The van der Waals surface area contributed by atoms with Crippen LogP contribution < -0.4 is 5.32 Å². The summed E-state index contributed by atoms with van der Waals surface area (Å²) in [6.07, 6.45) is 1.74. The summed E-state index contributed by atoms with van der Waals surface area (Å²) in [5.41, 5.74) is 0. The number of aliphatic carboxylic acids is 1. The van der Waals surface area contributed by atoms with E-state index in [0.29, 0.717) is 39.0 Å². The minimum Gasteiger partial charge on any atom is -0.481 e. The molecular weight excluding hydrogens is 248 g/mol. The van der Waals surface area contributed by atoms with E-state index in [0.717, 1.165) is 6.54 Å². The molecule has 1 aliphatic rings. The molecule has 6 nitrogen and oxygen atoms in total. The van der Waals surface area contributed by atoms with Crippen LogP contribution in [0.4, 0.5) is 0 Å². The number of hydrogen-bond donors (Lipinski definition) is 2. The molecule has 0 bridgehead atoms. The Hall–Kier alpha value is -1.14. The number of amides is 1. The van der Waals surface area contributed by atoms with Crippen molar-refractivity contribution in [2.45, 2.75) is 19.3 Å².